The molecular formula is C20H24N4O3S. The minimum Gasteiger partial charge on any atom is -0.395 e. The summed E-state index contributed by atoms with van der Waals surface area (Å²) < 4.78 is 0. The Morgan fingerprint density at radius 1 is 1.11 bits per heavy atom. The van der Waals surface area contributed by atoms with E-state index in [9.17, 15) is 14.7 Å². The van der Waals surface area contributed by atoms with Gasteiger partial charge >= 0.3 is 0 Å². The van der Waals surface area contributed by atoms with Gasteiger partial charge in [-0.05, 0) is 54.8 Å². The molecule has 0 aliphatic rings. The summed E-state index contributed by atoms with van der Waals surface area (Å²) in [4.78, 5) is 27.3. The second kappa shape index (κ2) is 10.5. The lowest BCUT2D eigenvalue weighted by Crippen LogP contribution is -2.34. The Hall–Kier alpha value is -2.84. The van der Waals surface area contributed by atoms with Crippen molar-refractivity contribution in [2.24, 2.45) is 5.73 Å². The fraction of sp³-hybridized carbons (Fsp3) is 0.250. The molecule has 2 rings (SSSR count). The summed E-state index contributed by atoms with van der Waals surface area (Å²) in [5, 5.41) is 19.4. The van der Waals surface area contributed by atoms with Crippen molar-refractivity contribution in [3.05, 3.63) is 54.1 Å². The van der Waals surface area contributed by atoms with Crippen LogP contribution in [0.5, 0.6) is 0 Å². The molecule has 0 spiro atoms. The first-order chi connectivity index (χ1) is 13.4. The highest BCUT2D eigenvalue weighted by Gasteiger charge is 2.17. The predicted octanol–water partition coefficient (Wildman–Crippen LogP) is 2.44. The molecule has 0 aliphatic carbocycles. The largest absolute Gasteiger partial charge is 0.395 e. The summed E-state index contributed by atoms with van der Waals surface area (Å²) in [5.41, 5.74) is 7.23. The lowest BCUT2D eigenvalue weighted by atomic mass is 10.2. The van der Waals surface area contributed by atoms with Crippen molar-refractivity contribution in [3.8, 4) is 0 Å². The van der Waals surface area contributed by atoms with Crippen LogP contribution in [0.4, 0.5) is 11.4 Å². The average Bonchev–Trinajstić information content (AvgIpc) is 2.70. The summed E-state index contributed by atoms with van der Waals surface area (Å²) in [5.74, 6) is -0.559. The van der Waals surface area contributed by atoms with Crippen LogP contribution in [-0.4, -0.2) is 42.2 Å². The standard InChI is InChI=1S/C20H24N4O3S/c1-28-17-8-6-16(7-9-17)24(12-13-25)19(27)11-10-18(26)23-15-4-2-14(3-5-15)20(21)22/h2-9,25H,10-13H2,1H3,(H3,21,22)(H,23,26). The number of amidine groups is 1. The van der Waals surface area contributed by atoms with Gasteiger partial charge in [0.25, 0.3) is 0 Å². The maximum absolute atomic E-state index is 12.6. The van der Waals surface area contributed by atoms with Gasteiger partial charge in [-0.15, -0.1) is 11.8 Å². The van der Waals surface area contributed by atoms with E-state index in [1.165, 1.54) is 4.90 Å². The number of anilines is 2. The number of nitrogens with one attached hydrogen (secondary N) is 2. The van der Waals surface area contributed by atoms with Crippen LogP contribution < -0.4 is 16.0 Å². The van der Waals surface area contributed by atoms with Gasteiger partial charge in [-0.1, -0.05) is 0 Å². The Balaban J connectivity index is 1.93. The third-order valence-electron chi connectivity index (χ3n) is 4.05. The van der Waals surface area contributed by atoms with Crippen LogP contribution in [0, 0.1) is 5.41 Å². The quantitative estimate of drug-likeness (QED) is 0.293. The number of benzene rings is 2. The van der Waals surface area contributed by atoms with Gasteiger partial charge in [0.05, 0.1) is 6.61 Å². The van der Waals surface area contributed by atoms with E-state index >= 15 is 0 Å². The van der Waals surface area contributed by atoms with Gasteiger partial charge in [0.1, 0.15) is 5.84 Å². The fourth-order valence-corrected chi connectivity index (χ4v) is 2.98. The predicted molar refractivity (Wildman–Crippen MR) is 113 cm³/mol. The number of hydrogen-bond acceptors (Lipinski definition) is 5. The van der Waals surface area contributed by atoms with Gasteiger partial charge in [0, 0.05) is 41.2 Å². The molecule has 2 aromatic carbocycles. The number of aliphatic hydroxyl groups is 1. The number of thioether (sulfide) groups is 1. The van der Waals surface area contributed by atoms with E-state index in [0.29, 0.717) is 16.9 Å². The van der Waals surface area contributed by atoms with Crippen LogP contribution >= 0.6 is 11.8 Å². The highest BCUT2D eigenvalue weighted by atomic mass is 32.2. The van der Waals surface area contributed by atoms with E-state index in [1.54, 1.807) is 36.0 Å². The van der Waals surface area contributed by atoms with E-state index in [0.717, 1.165) is 4.90 Å². The van der Waals surface area contributed by atoms with Crippen molar-refractivity contribution in [2.45, 2.75) is 17.7 Å². The molecule has 5 N–H and O–H groups in total. The van der Waals surface area contributed by atoms with E-state index in [4.69, 9.17) is 11.1 Å². The third kappa shape index (κ3) is 6.11. The number of rotatable bonds is 9. The van der Waals surface area contributed by atoms with Crippen LogP contribution in [0.2, 0.25) is 0 Å². The van der Waals surface area contributed by atoms with Crippen molar-refractivity contribution in [3.63, 3.8) is 0 Å². The topological polar surface area (TPSA) is 120 Å². The molecule has 2 amide bonds. The SMILES string of the molecule is CSc1ccc(N(CCO)C(=O)CCC(=O)Nc2ccc(C(=N)N)cc2)cc1. The summed E-state index contributed by atoms with van der Waals surface area (Å²) >= 11 is 1.60. The fourth-order valence-electron chi connectivity index (χ4n) is 2.57. The van der Waals surface area contributed by atoms with E-state index in [-0.39, 0.29) is 43.6 Å². The monoisotopic (exact) mass is 400 g/mol. The van der Waals surface area contributed by atoms with E-state index < -0.39 is 0 Å². The molecule has 28 heavy (non-hydrogen) atoms. The first-order valence-corrected chi connectivity index (χ1v) is 9.96. The Labute approximate surface area is 168 Å². The summed E-state index contributed by atoms with van der Waals surface area (Å²) in [6.07, 6.45) is 2.03. The number of carbonyl (C=O) groups excluding carboxylic acids is 2. The molecule has 0 aromatic heterocycles. The maximum Gasteiger partial charge on any atom is 0.227 e. The van der Waals surface area contributed by atoms with Gasteiger partial charge in [0.15, 0.2) is 0 Å². The van der Waals surface area contributed by atoms with Crippen LogP contribution in [0.25, 0.3) is 0 Å². The third-order valence-corrected chi connectivity index (χ3v) is 4.80. The number of carbonyl (C=O) groups is 2. The zero-order valence-electron chi connectivity index (χ0n) is 15.6. The molecule has 0 heterocycles. The molecule has 0 bridgehead atoms. The van der Waals surface area contributed by atoms with Crippen molar-refractivity contribution in [1.82, 2.24) is 0 Å². The van der Waals surface area contributed by atoms with Crippen molar-refractivity contribution in [2.75, 3.05) is 29.6 Å². The Morgan fingerprint density at radius 3 is 2.29 bits per heavy atom. The second-order valence-corrected chi connectivity index (χ2v) is 6.89. The summed E-state index contributed by atoms with van der Waals surface area (Å²) in [7, 11) is 0. The van der Waals surface area contributed by atoms with Crippen LogP contribution in [-0.2, 0) is 9.59 Å². The first-order valence-electron chi connectivity index (χ1n) is 8.74. The highest BCUT2D eigenvalue weighted by Crippen LogP contribution is 2.21. The summed E-state index contributed by atoms with van der Waals surface area (Å²) in [6.45, 7) is 0.0102. The molecule has 148 valence electrons. The summed E-state index contributed by atoms with van der Waals surface area (Å²) in [6, 6.07) is 14.1. The van der Waals surface area contributed by atoms with Crippen molar-refractivity contribution in [1.29, 1.82) is 5.41 Å². The number of hydrogen-bond donors (Lipinski definition) is 4. The minimum atomic E-state index is -0.286. The highest BCUT2D eigenvalue weighted by molar-refractivity contribution is 7.98. The average molecular weight is 401 g/mol. The zero-order valence-corrected chi connectivity index (χ0v) is 16.5. The van der Waals surface area contributed by atoms with E-state index in [1.807, 2.05) is 30.5 Å². The number of aliphatic hydroxyl groups excluding tert-OH is 1. The van der Waals surface area contributed by atoms with Crippen LogP contribution in [0.15, 0.2) is 53.4 Å². The van der Waals surface area contributed by atoms with Gasteiger partial charge in [-0.2, -0.15) is 0 Å². The maximum atomic E-state index is 12.6. The lowest BCUT2D eigenvalue weighted by Gasteiger charge is -2.22. The molecule has 8 heteroatoms. The molecule has 0 radical (unpaired) electrons. The first kappa shape index (κ1) is 21.5. The van der Waals surface area contributed by atoms with Crippen LogP contribution in [0.3, 0.4) is 0 Å². The Bertz CT molecular complexity index is 822. The molecule has 0 atom stereocenters. The second-order valence-electron chi connectivity index (χ2n) is 6.01. The normalized spacial score (nSPS) is 10.4. The number of amides is 2. The molecule has 7 nitrogen and oxygen atoms in total. The number of nitrogens with two attached hydrogens (primary N) is 1. The van der Waals surface area contributed by atoms with Crippen molar-refractivity contribution < 1.29 is 14.7 Å². The van der Waals surface area contributed by atoms with Gasteiger partial charge in [0.2, 0.25) is 11.8 Å². The molecule has 0 unspecified atom stereocenters. The molecule has 0 saturated heterocycles. The molecule has 0 fully saturated rings. The van der Waals surface area contributed by atoms with Gasteiger partial charge in [-0.25, -0.2) is 0 Å². The molecule has 0 aliphatic heterocycles. The van der Waals surface area contributed by atoms with Crippen LogP contribution in [0.1, 0.15) is 18.4 Å². The Kier molecular flexibility index (Phi) is 8.03. The molecular weight excluding hydrogens is 376 g/mol. The van der Waals surface area contributed by atoms with Gasteiger partial charge < -0.3 is 21.1 Å². The zero-order chi connectivity index (χ0) is 20.5. The van der Waals surface area contributed by atoms with Gasteiger partial charge in [-0.3, -0.25) is 15.0 Å². The number of nitrogen functional groups attached to an aromatic ring is 1. The molecule has 0 saturated carbocycles. The minimum absolute atomic E-state index is 0.0259. The smallest absolute Gasteiger partial charge is 0.227 e. The Morgan fingerprint density at radius 2 is 1.75 bits per heavy atom. The lowest BCUT2D eigenvalue weighted by molar-refractivity contribution is -0.122. The molecule has 2 aromatic rings. The number of nitrogens with zero attached hydrogens (tertiary/aromatic N) is 1. The van der Waals surface area contributed by atoms with E-state index in [2.05, 4.69) is 5.32 Å². The van der Waals surface area contributed by atoms with Crippen molar-refractivity contribution >= 4 is 40.8 Å².